The fourth-order valence-electron chi connectivity index (χ4n) is 3.86. The van der Waals surface area contributed by atoms with E-state index in [2.05, 4.69) is 10.3 Å². The molecule has 1 saturated heterocycles. The number of nitrogens with zero attached hydrogens (tertiary/aromatic N) is 2. The Kier molecular flexibility index (Phi) is 6.49. The smallest absolute Gasteiger partial charge is 0.259 e. The molecular formula is C19H27N3O5. The number of hydrogen-bond acceptors (Lipinski definition) is 6. The number of hydrogen-bond donors (Lipinski definition) is 1. The number of methoxy groups -OCH3 is 2. The van der Waals surface area contributed by atoms with Gasteiger partial charge in [-0.2, -0.15) is 4.98 Å². The molecular weight excluding hydrogens is 350 g/mol. The van der Waals surface area contributed by atoms with Gasteiger partial charge in [0.25, 0.3) is 5.91 Å². The van der Waals surface area contributed by atoms with Gasteiger partial charge in [0.05, 0.1) is 33.4 Å². The van der Waals surface area contributed by atoms with E-state index >= 15 is 0 Å². The zero-order valence-corrected chi connectivity index (χ0v) is 15.9. The Morgan fingerprint density at radius 3 is 2.81 bits per heavy atom. The van der Waals surface area contributed by atoms with E-state index in [1.165, 1.54) is 14.2 Å². The Morgan fingerprint density at radius 1 is 1.22 bits per heavy atom. The molecule has 3 rings (SSSR count). The van der Waals surface area contributed by atoms with Crippen LogP contribution in [0.1, 0.15) is 36.0 Å². The van der Waals surface area contributed by atoms with Crippen LogP contribution >= 0.6 is 0 Å². The zero-order valence-electron chi connectivity index (χ0n) is 15.9. The molecule has 0 aromatic carbocycles. The Morgan fingerprint density at radius 2 is 2.04 bits per heavy atom. The SMILES string of the molecule is COc1ccc(C(=O)N2CCOCCNC(=O)[C@H]3CCCC[C@H]32)c(OC)n1. The Labute approximate surface area is 159 Å². The highest BCUT2D eigenvalue weighted by Gasteiger charge is 2.38. The summed E-state index contributed by atoms with van der Waals surface area (Å²) in [5.41, 5.74) is 0.361. The summed E-state index contributed by atoms with van der Waals surface area (Å²) in [4.78, 5) is 32.0. The standard InChI is InChI=1S/C19H27N3O5/c1-25-16-8-7-14(18(21-16)26-2)19(24)22-10-12-27-11-9-20-17(23)13-5-3-4-6-15(13)22/h7-8,13,15H,3-6,9-12H2,1-2H3,(H,20,23)/t13-,15+/m0/s1. The zero-order chi connectivity index (χ0) is 19.2. The first-order chi connectivity index (χ1) is 13.2. The number of amides is 2. The Balaban J connectivity index is 1.92. The van der Waals surface area contributed by atoms with Crippen molar-refractivity contribution in [1.29, 1.82) is 0 Å². The Bertz CT molecular complexity index is 681. The predicted octanol–water partition coefficient (Wildman–Crippen LogP) is 1.25. The minimum atomic E-state index is -0.198. The van der Waals surface area contributed by atoms with Crippen LogP contribution in [0.15, 0.2) is 12.1 Å². The lowest BCUT2D eigenvalue weighted by Gasteiger charge is -2.40. The summed E-state index contributed by atoms with van der Waals surface area (Å²) in [5, 5.41) is 2.93. The number of aromatic nitrogens is 1. The summed E-state index contributed by atoms with van der Waals surface area (Å²) < 4.78 is 16.0. The fraction of sp³-hybridized carbons (Fsp3) is 0.632. The van der Waals surface area contributed by atoms with Gasteiger partial charge in [0.1, 0.15) is 5.56 Å². The van der Waals surface area contributed by atoms with Crippen molar-refractivity contribution >= 4 is 11.8 Å². The molecule has 1 aromatic rings. The van der Waals surface area contributed by atoms with Crippen molar-refractivity contribution in [3.63, 3.8) is 0 Å². The van der Waals surface area contributed by atoms with Crippen LogP contribution in [-0.2, 0) is 9.53 Å². The first-order valence-corrected chi connectivity index (χ1v) is 9.41. The van der Waals surface area contributed by atoms with Gasteiger partial charge in [-0.3, -0.25) is 9.59 Å². The molecule has 27 heavy (non-hydrogen) atoms. The van der Waals surface area contributed by atoms with Gasteiger partial charge >= 0.3 is 0 Å². The lowest BCUT2D eigenvalue weighted by atomic mass is 9.82. The minimum Gasteiger partial charge on any atom is -0.481 e. The first kappa shape index (κ1) is 19.4. The maximum atomic E-state index is 13.4. The van der Waals surface area contributed by atoms with Crippen LogP contribution in [0.3, 0.4) is 0 Å². The van der Waals surface area contributed by atoms with Crippen molar-refractivity contribution in [2.75, 3.05) is 40.5 Å². The van der Waals surface area contributed by atoms with Crippen LogP contribution in [0, 0.1) is 5.92 Å². The Hall–Kier alpha value is -2.35. The first-order valence-electron chi connectivity index (χ1n) is 9.41. The number of pyridine rings is 1. The molecule has 0 spiro atoms. The van der Waals surface area contributed by atoms with Gasteiger partial charge in [-0.05, 0) is 18.9 Å². The second kappa shape index (κ2) is 9.03. The second-order valence-corrected chi connectivity index (χ2v) is 6.77. The summed E-state index contributed by atoms with van der Waals surface area (Å²) in [5.74, 6) is 0.202. The largest absolute Gasteiger partial charge is 0.481 e. The van der Waals surface area contributed by atoms with Crippen LogP contribution in [-0.4, -0.2) is 68.3 Å². The molecule has 1 aliphatic carbocycles. The van der Waals surface area contributed by atoms with E-state index in [9.17, 15) is 9.59 Å². The number of carbonyl (C=O) groups excluding carboxylic acids is 2. The number of ether oxygens (including phenoxy) is 3. The molecule has 0 unspecified atom stereocenters. The lowest BCUT2D eigenvalue weighted by molar-refractivity contribution is -0.128. The van der Waals surface area contributed by atoms with Crippen LogP contribution < -0.4 is 14.8 Å². The molecule has 8 nitrogen and oxygen atoms in total. The molecule has 1 aromatic heterocycles. The second-order valence-electron chi connectivity index (χ2n) is 6.77. The van der Waals surface area contributed by atoms with Gasteiger partial charge < -0.3 is 24.4 Å². The molecule has 1 N–H and O–H groups in total. The summed E-state index contributed by atoms with van der Waals surface area (Å²) in [7, 11) is 2.98. The molecule has 2 aliphatic rings. The summed E-state index contributed by atoms with van der Waals surface area (Å²) in [6.45, 7) is 1.81. The molecule has 0 radical (unpaired) electrons. The fourth-order valence-corrected chi connectivity index (χ4v) is 3.86. The third kappa shape index (κ3) is 4.32. The van der Waals surface area contributed by atoms with Gasteiger partial charge in [-0.1, -0.05) is 12.8 Å². The molecule has 2 atom stereocenters. The third-order valence-corrected chi connectivity index (χ3v) is 5.22. The van der Waals surface area contributed by atoms with Crippen molar-refractivity contribution in [3.8, 4) is 11.8 Å². The molecule has 148 valence electrons. The van der Waals surface area contributed by atoms with E-state index in [4.69, 9.17) is 14.2 Å². The van der Waals surface area contributed by atoms with Gasteiger partial charge in [0.2, 0.25) is 17.7 Å². The molecule has 1 aliphatic heterocycles. The van der Waals surface area contributed by atoms with Crippen LogP contribution in [0.25, 0.3) is 0 Å². The highest BCUT2D eigenvalue weighted by atomic mass is 16.5. The predicted molar refractivity (Wildman–Crippen MR) is 98.0 cm³/mol. The summed E-state index contributed by atoms with van der Waals surface area (Å²) >= 11 is 0. The highest BCUT2D eigenvalue weighted by Crippen LogP contribution is 2.31. The number of fused-ring (bicyclic) bond motifs is 1. The average molecular weight is 377 g/mol. The van der Waals surface area contributed by atoms with Gasteiger partial charge in [0, 0.05) is 25.2 Å². The van der Waals surface area contributed by atoms with E-state index in [0.717, 1.165) is 25.7 Å². The van der Waals surface area contributed by atoms with E-state index in [-0.39, 0.29) is 29.7 Å². The van der Waals surface area contributed by atoms with E-state index in [1.54, 1.807) is 17.0 Å². The van der Waals surface area contributed by atoms with Crippen LogP contribution in [0.2, 0.25) is 0 Å². The monoisotopic (exact) mass is 377 g/mol. The van der Waals surface area contributed by atoms with Gasteiger partial charge in [-0.15, -0.1) is 0 Å². The van der Waals surface area contributed by atoms with Crippen molar-refractivity contribution in [1.82, 2.24) is 15.2 Å². The molecule has 2 amide bonds. The molecule has 1 saturated carbocycles. The molecule has 0 bridgehead atoms. The number of nitrogens with one attached hydrogen (secondary N) is 1. The number of rotatable bonds is 3. The van der Waals surface area contributed by atoms with Crippen molar-refractivity contribution < 1.29 is 23.8 Å². The van der Waals surface area contributed by atoms with Crippen LogP contribution in [0.5, 0.6) is 11.8 Å². The van der Waals surface area contributed by atoms with E-state index < -0.39 is 0 Å². The molecule has 2 fully saturated rings. The summed E-state index contributed by atoms with van der Waals surface area (Å²) in [6, 6.07) is 3.14. The van der Waals surface area contributed by atoms with Crippen molar-refractivity contribution in [3.05, 3.63) is 17.7 Å². The van der Waals surface area contributed by atoms with Crippen LogP contribution in [0.4, 0.5) is 0 Å². The van der Waals surface area contributed by atoms with Crippen molar-refractivity contribution in [2.24, 2.45) is 5.92 Å². The summed E-state index contributed by atoms with van der Waals surface area (Å²) in [6.07, 6.45) is 3.59. The highest BCUT2D eigenvalue weighted by molar-refractivity contribution is 5.97. The maximum absolute atomic E-state index is 13.4. The quantitative estimate of drug-likeness (QED) is 0.853. The van der Waals surface area contributed by atoms with Crippen molar-refractivity contribution in [2.45, 2.75) is 31.7 Å². The topological polar surface area (TPSA) is 90.0 Å². The van der Waals surface area contributed by atoms with Gasteiger partial charge in [0.15, 0.2) is 0 Å². The normalized spacial score (nSPS) is 23.8. The maximum Gasteiger partial charge on any atom is 0.259 e. The van der Waals surface area contributed by atoms with E-state index in [0.29, 0.717) is 37.7 Å². The molecule has 8 heteroatoms. The molecule has 2 heterocycles. The third-order valence-electron chi connectivity index (χ3n) is 5.22. The van der Waals surface area contributed by atoms with Gasteiger partial charge in [-0.25, -0.2) is 0 Å². The average Bonchev–Trinajstić information content (AvgIpc) is 2.72. The number of carbonyl (C=O) groups is 2. The lowest BCUT2D eigenvalue weighted by Crippen LogP contribution is -2.53. The minimum absolute atomic E-state index is 0.00261. The van der Waals surface area contributed by atoms with E-state index in [1.807, 2.05) is 0 Å².